The molecule has 1 aromatic heterocycles. The van der Waals surface area contributed by atoms with Crippen LogP contribution in [0.15, 0.2) is 91.1 Å². The van der Waals surface area contributed by atoms with Crippen molar-refractivity contribution in [1.82, 2.24) is 14.7 Å². The molecule has 2 amide bonds. The predicted molar refractivity (Wildman–Crippen MR) is 126 cm³/mol. The van der Waals surface area contributed by atoms with Gasteiger partial charge < -0.3 is 15.4 Å². The second-order valence-corrected chi connectivity index (χ2v) is 7.56. The number of nitrogens with two attached hydrogens (primary N) is 1. The van der Waals surface area contributed by atoms with Crippen molar-refractivity contribution in [2.24, 2.45) is 5.73 Å². The molecule has 166 valence electrons. The summed E-state index contributed by atoms with van der Waals surface area (Å²) in [7, 11) is 1.72. The molecule has 1 heterocycles. The summed E-state index contributed by atoms with van der Waals surface area (Å²) in [6.07, 6.45) is 1.94. The molecule has 0 aliphatic heterocycles. The number of carbonyl (C=O) groups is 2. The number of hydrogen-bond acceptors (Lipinski definition) is 4. The standard InChI is InChI=1S/C26H24N4O3/c1-29(26(32)22-14-8-9-15-23(22)33-18-24(27)31)16-20-17-30(21-12-6-3-7-13-21)28-25(20)19-10-4-2-5-11-19/h2-15,17H,16,18H2,1H3,(H2,27,31). The van der Waals surface area contributed by atoms with E-state index < -0.39 is 5.91 Å². The molecule has 0 aliphatic carbocycles. The van der Waals surface area contributed by atoms with Gasteiger partial charge in [-0.3, -0.25) is 9.59 Å². The highest BCUT2D eigenvalue weighted by Gasteiger charge is 2.20. The largest absolute Gasteiger partial charge is 0.483 e. The van der Waals surface area contributed by atoms with Gasteiger partial charge in [0.1, 0.15) is 5.75 Å². The Balaban J connectivity index is 1.64. The van der Waals surface area contributed by atoms with Gasteiger partial charge in [0.25, 0.3) is 11.8 Å². The fourth-order valence-electron chi connectivity index (χ4n) is 3.53. The number of hydrogen-bond donors (Lipinski definition) is 1. The van der Waals surface area contributed by atoms with E-state index in [0.717, 1.165) is 22.5 Å². The molecule has 0 saturated carbocycles. The number of amides is 2. The second-order valence-electron chi connectivity index (χ2n) is 7.56. The zero-order chi connectivity index (χ0) is 23.2. The normalized spacial score (nSPS) is 10.6. The van der Waals surface area contributed by atoms with Crippen LogP contribution in [0.2, 0.25) is 0 Å². The highest BCUT2D eigenvalue weighted by Crippen LogP contribution is 2.26. The van der Waals surface area contributed by atoms with E-state index in [-0.39, 0.29) is 12.5 Å². The maximum Gasteiger partial charge on any atom is 0.257 e. The van der Waals surface area contributed by atoms with E-state index in [4.69, 9.17) is 15.6 Å². The fourth-order valence-corrected chi connectivity index (χ4v) is 3.53. The molecule has 4 rings (SSSR count). The van der Waals surface area contributed by atoms with Crippen LogP contribution in [-0.4, -0.2) is 40.1 Å². The van der Waals surface area contributed by atoms with E-state index in [0.29, 0.717) is 17.9 Å². The molecule has 0 fully saturated rings. The summed E-state index contributed by atoms with van der Waals surface area (Å²) in [5.41, 5.74) is 9.14. The van der Waals surface area contributed by atoms with Crippen molar-refractivity contribution >= 4 is 11.8 Å². The highest BCUT2D eigenvalue weighted by atomic mass is 16.5. The van der Waals surface area contributed by atoms with Crippen LogP contribution < -0.4 is 10.5 Å². The van der Waals surface area contributed by atoms with Gasteiger partial charge in [-0.1, -0.05) is 60.7 Å². The van der Waals surface area contributed by atoms with Crippen molar-refractivity contribution in [3.8, 4) is 22.7 Å². The number of benzene rings is 3. The molecular weight excluding hydrogens is 416 g/mol. The third kappa shape index (κ3) is 5.10. The minimum absolute atomic E-state index is 0.235. The second kappa shape index (κ2) is 9.82. The van der Waals surface area contributed by atoms with Crippen LogP contribution in [0.25, 0.3) is 16.9 Å². The number of primary amides is 1. The summed E-state index contributed by atoms with van der Waals surface area (Å²) < 4.78 is 7.26. The molecule has 0 radical (unpaired) electrons. The van der Waals surface area contributed by atoms with Gasteiger partial charge in [-0.25, -0.2) is 4.68 Å². The number of para-hydroxylation sites is 2. The van der Waals surface area contributed by atoms with Crippen molar-refractivity contribution < 1.29 is 14.3 Å². The van der Waals surface area contributed by atoms with E-state index >= 15 is 0 Å². The number of carbonyl (C=O) groups excluding carboxylic acids is 2. The van der Waals surface area contributed by atoms with Crippen molar-refractivity contribution in [1.29, 1.82) is 0 Å². The SMILES string of the molecule is CN(Cc1cn(-c2ccccc2)nc1-c1ccccc1)C(=O)c1ccccc1OCC(N)=O. The molecule has 7 nitrogen and oxygen atoms in total. The van der Waals surface area contributed by atoms with E-state index in [2.05, 4.69) is 0 Å². The fraction of sp³-hybridized carbons (Fsp3) is 0.115. The summed E-state index contributed by atoms with van der Waals surface area (Å²) in [5.74, 6) is -0.524. The Kier molecular flexibility index (Phi) is 6.50. The Hall–Kier alpha value is -4.39. The molecule has 4 aromatic rings. The van der Waals surface area contributed by atoms with E-state index in [1.165, 1.54) is 0 Å². The van der Waals surface area contributed by atoms with Crippen LogP contribution >= 0.6 is 0 Å². The summed E-state index contributed by atoms with van der Waals surface area (Å²) in [6.45, 7) is 0.0378. The molecule has 0 aliphatic rings. The van der Waals surface area contributed by atoms with Crippen molar-refractivity contribution in [2.45, 2.75) is 6.54 Å². The Labute approximate surface area is 192 Å². The number of nitrogens with zero attached hydrogens (tertiary/aromatic N) is 3. The van der Waals surface area contributed by atoms with Gasteiger partial charge in [0.15, 0.2) is 6.61 Å². The van der Waals surface area contributed by atoms with E-state index in [1.54, 1.807) is 36.2 Å². The average molecular weight is 441 g/mol. The quantitative estimate of drug-likeness (QED) is 0.453. The van der Waals surface area contributed by atoms with Crippen LogP contribution in [0.5, 0.6) is 5.75 Å². The lowest BCUT2D eigenvalue weighted by atomic mass is 10.1. The maximum absolute atomic E-state index is 13.2. The molecule has 0 saturated heterocycles. The monoisotopic (exact) mass is 440 g/mol. The van der Waals surface area contributed by atoms with E-state index in [9.17, 15) is 9.59 Å². The summed E-state index contributed by atoms with van der Waals surface area (Å²) in [5, 5.41) is 4.80. The van der Waals surface area contributed by atoms with Crippen LogP contribution in [-0.2, 0) is 11.3 Å². The first-order chi connectivity index (χ1) is 16.0. The summed E-state index contributed by atoms with van der Waals surface area (Å²) in [6, 6.07) is 26.5. The Morgan fingerprint density at radius 3 is 2.27 bits per heavy atom. The molecular formula is C26H24N4O3. The molecule has 3 aromatic carbocycles. The van der Waals surface area contributed by atoms with Gasteiger partial charge in [0, 0.05) is 30.9 Å². The number of rotatable bonds is 8. The first kappa shape index (κ1) is 21.8. The lowest BCUT2D eigenvalue weighted by Gasteiger charge is -2.19. The highest BCUT2D eigenvalue weighted by molar-refractivity contribution is 5.97. The van der Waals surface area contributed by atoms with Gasteiger partial charge in [-0.05, 0) is 24.3 Å². The van der Waals surface area contributed by atoms with Gasteiger partial charge >= 0.3 is 0 Å². The molecule has 0 atom stereocenters. The van der Waals surface area contributed by atoms with Crippen LogP contribution in [0.1, 0.15) is 15.9 Å². The Morgan fingerprint density at radius 1 is 0.939 bits per heavy atom. The van der Waals surface area contributed by atoms with Crippen LogP contribution in [0, 0.1) is 0 Å². The smallest absolute Gasteiger partial charge is 0.257 e. The lowest BCUT2D eigenvalue weighted by molar-refractivity contribution is -0.119. The first-order valence-corrected chi connectivity index (χ1v) is 10.5. The summed E-state index contributed by atoms with van der Waals surface area (Å²) >= 11 is 0. The lowest BCUT2D eigenvalue weighted by Crippen LogP contribution is -2.27. The zero-order valence-electron chi connectivity index (χ0n) is 18.2. The number of aromatic nitrogens is 2. The molecule has 2 N–H and O–H groups in total. The maximum atomic E-state index is 13.2. The van der Waals surface area contributed by atoms with E-state index in [1.807, 2.05) is 71.5 Å². The molecule has 0 spiro atoms. The predicted octanol–water partition coefficient (Wildman–Crippen LogP) is 3.68. The Morgan fingerprint density at radius 2 is 1.58 bits per heavy atom. The molecule has 0 unspecified atom stereocenters. The number of ether oxygens (including phenoxy) is 1. The van der Waals surface area contributed by atoms with Gasteiger partial charge in [0.2, 0.25) is 0 Å². The van der Waals surface area contributed by atoms with Crippen LogP contribution in [0.4, 0.5) is 0 Å². The third-order valence-corrected chi connectivity index (χ3v) is 5.10. The van der Waals surface area contributed by atoms with Gasteiger partial charge in [-0.2, -0.15) is 5.10 Å². The third-order valence-electron chi connectivity index (χ3n) is 5.10. The van der Waals surface area contributed by atoms with Crippen molar-refractivity contribution in [3.63, 3.8) is 0 Å². The van der Waals surface area contributed by atoms with Crippen molar-refractivity contribution in [2.75, 3.05) is 13.7 Å². The summed E-state index contributed by atoms with van der Waals surface area (Å²) in [4.78, 5) is 26.0. The topological polar surface area (TPSA) is 90.4 Å². The molecule has 33 heavy (non-hydrogen) atoms. The minimum Gasteiger partial charge on any atom is -0.483 e. The molecule has 0 bridgehead atoms. The Bertz CT molecular complexity index is 1250. The average Bonchev–Trinajstić information content (AvgIpc) is 3.27. The van der Waals surface area contributed by atoms with Crippen molar-refractivity contribution in [3.05, 3.63) is 102 Å². The van der Waals surface area contributed by atoms with Crippen LogP contribution in [0.3, 0.4) is 0 Å². The molecule has 7 heteroatoms. The minimum atomic E-state index is -0.605. The van der Waals surface area contributed by atoms with Gasteiger partial charge in [0.05, 0.1) is 16.9 Å². The first-order valence-electron chi connectivity index (χ1n) is 10.5. The zero-order valence-corrected chi connectivity index (χ0v) is 18.2. The van der Waals surface area contributed by atoms with Gasteiger partial charge in [-0.15, -0.1) is 0 Å².